The first-order chi connectivity index (χ1) is 18.0. The summed E-state index contributed by atoms with van der Waals surface area (Å²) in [6.45, 7) is 5.01. The van der Waals surface area contributed by atoms with Gasteiger partial charge in [-0.15, -0.1) is 0 Å². The van der Waals surface area contributed by atoms with Gasteiger partial charge in [0.1, 0.15) is 42.7 Å². The van der Waals surface area contributed by atoms with Crippen LogP contribution in [0.1, 0.15) is 55.2 Å². The van der Waals surface area contributed by atoms with Gasteiger partial charge in [-0.3, -0.25) is 0 Å². The summed E-state index contributed by atoms with van der Waals surface area (Å²) in [5.41, 5.74) is 2.22. The first kappa shape index (κ1) is 29.4. The van der Waals surface area contributed by atoms with Crippen LogP contribution in [-0.2, 0) is 14.2 Å². The minimum atomic E-state index is -1.68. The van der Waals surface area contributed by atoms with Crippen molar-refractivity contribution in [2.75, 3.05) is 19.8 Å². The Kier molecular flexibility index (Phi) is 9.20. The maximum absolute atomic E-state index is 11.3. The molecule has 12 nitrogen and oxygen atoms in total. The van der Waals surface area contributed by atoms with Crippen LogP contribution in [0.3, 0.4) is 0 Å². The predicted molar refractivity (Wildman–Crippen MR) is 131 cm³/mol. The average Bonchev–Trinajstić information content (AvgIpc) is 2.89. The molecule has 0 aromatic heterocycles. The lowest BCUT2D eigenvalue weighted by Gasteiger charge is -2.42. The van der Waals surface area contributed by atoms with Crippen molar-refractivity contribution in [2.45, 2.75) is 101 Å². The number of rotatable bonds is 7. The number of aromatic hydroxyl groups is 1. The first-order valence-corrected chi connectivity index (χ1v) is 13.1. The van der Waals surface area contributed by atoms with Crippen LogP contribution in [0.25, 0.3) is 0 Å². The molecule has 0 bridgehead atoms. The summed E-state index contributed by atoms with van der Waals surface area (Å²) < 4.78 is 22.2. The monoisotopic (exact) mass is 544 g/mol. The fourth-order valence-electron chi connectivity index (χ4n) is 5.63. The molecule has 2 aliphatic heterocycles. The Morgan fingerprint density at radius 3 is 2.34 bits per heavy atom. The second kappa shape index (κ2) is 11.9. The number of hydrogen-bond donors (Lipinski definition) is 8. The number of aryl methyl sites for hydroxylation is 1. The highest BCUT2D eigenvalue weighted by Gasteiger charge is 2.47. The van der Waals surface area contributed by atoms with Crippen LogP contribution in [0.5, 0.6) is 11.5 Å². The van der Waals surface area contributed by atoms with Crippen LogP contribution in [-0.4, -0.2) is 116 Å². The first-order valence-electron chi connectivity index (χ1n) is 13.1. The third-order valence-electron chi connectivity index (χ3n) is 8.07. The van der Waals surface area contributed by atoms with Gasteiger partial charge in [0.2, 0.25) is 6.29 Å². The molecular weight excluding hydrogens is 504 g/mol. The van der Waals surface area contributed by atoms with Gasteiger partial charge in [0.15, 0.2) is 17.8 Å². The average molecular weight is 545 g/mol. The summed E-state index contributed by atoms with van der Waals surface area (Å²) in [6.07, 6.45) is -11.6. The molecule has 2 saturated heterocycles. The summed E-state index contributed by atoms with van der Waals surface area (Å²) in [6, 6.07) is 1.90. The normalized spacial score (nSPS) is 40.4. The van der Waals surface area contributed by atoms with Gasteiger partial charge in [0, 0.05) is 12.2 Å². The molecule has 12 heteroatoms. The van der Waals surface area contributed by atoms with Gasteiger partial charge in [0.05, 0.1) is 13.2 Å². The zero-order chi connectivity index (χ0) is 27.9. The van der Waals surface area contributed by atoms with Gasteiger partial charge in [-0.2, -0.15) is 0 Å². The molecule has 1 aromatic rings. The Morgan fingerprint density at radius 2 is 1.66 bits per heavy atom. The maximum atomic E-state index is 11.3. The smallest absolute Gasteiger partial charge is 0.229 e. The van der Waals surface area contributed by atoms with Crippen molar-refractivity contribution in [1.29, 1.82) is 0 Å². The number of hydrogen-bond acceptors (Lipinski definition) is 12. The molecule has 12 unspecified atom stereocenters. The lowest BCUT2D eigenvalue weighted by molar-refractivity contribution is -0.307. The Labute approximate surface area is 221 Å². The number of aliphatic hydroxyl groups excluding tert-OH is 7. The Bertz CT molecular complexity index is 959. The summed E-state index contributed by atoms with van der Waals surface area (Å²) in [7, 11) is 0. The topological polar surface area (TPSA) is 199 Å². The van der Waals surface area contributed by atoms with Gasteiger partial charge in [-0.1, -0.05) is 19.9 Å². The molecule has 2 fully saturated rings. The fourth-order valence-corrected chi connectivity index (χ4v) is 5.63. The molecule has 1 aliphatic carbocycles. The minimum Gasteiger partial charge on any atom is -0.504 e. The molecular formula is C26H40O12. The highest BCUT2D eigenvalue weighted by Crippen LogP contribution is 2.50. The molecule has 12 atom stereocenters. The van der Waals surface area contributed by atoms with E-state index in [0.717, 1.165) is 18.4 Å². The van der Waals surface area contributed by atoms with Crippen molar-refractivity contribution in [3.05, 3.63) is 22.8 Å². The number of aliphatic hydroxyl groups is 7. The lowest BCUT2D eigenvalue weighted by atomic mass is 9.72. The van der Waals surface area contributed by atoms with Crippen molar-refractivity contribution in [3.8, 4) is 11.5 Å². The summed E-state index contributed by atoms with van der Waals surface area (Å²) in [5.74, 6) is 0.0680. The van der Waals surface area contributed by atoms with E-state index in [4.69, 9.17) is 18.9 Å². The van der Waals surface area contributed by atoms with Crippen molar-refractivity contribution < 1.29 is 59.8 Å². The zero-order valence-electron chi connectivity index (χ0n) is 21.8. The SMILES string of the molecule is Cc1cc2c(c(O)c1OC1OC(COC3OCC(O)C(O)C3O)C(O)C(O)C1O)C(C)CCC2C(C)CO. The highest BCUT2D eigenvalue weighted by molar-refractivity contribution is 5.57. The summed E-state index contributed by atoms with van der Waals surface area (Å²) in [5, 5.41) is 82.0. The molecule has 0 amide bonds. The van der Waals surface area contributed by atoms with Gasteiger partial charge in [0.25, 0.3) is 0 Å². The molecule has 38 heavy (non-hydrogen) atoms. The second-order valence-electron chi connectivity index (χ2n) is 10.8. The van der Waals surface area contributed by atoms with Crippen LogP contribution in [0.2, 0.25) is 0 Å². The van der Waals surface area contributed by atoms with Crippen LogP contribution in [0.15, 0.2) is 6.07 Å². The highest BCUT2D eigenvalue weighted by atomic mass is 16.7. The van der Waals surface area contributed by atoms with E-state index in [-0.39, 0.29) is 42.5 Å². The summed E-state index contributed by atoms with van der Waals surface area (Å²) >= 11 is 0. The number of phenolic OH excluding ortho intramolecular Hbond substituents is 1. The van der Waals surface area contributed by atoms with Gasteiger partial charge in [-0.05, 0) is 48.6 Å². The molecule has 8 N–H and O–H groups in total. The van der Waals surface area contributed by atoms with E-state index in [1.165, 1.54) is 0 Å². The molecule has 216 valence electrons. The largest absolute Gasteiger partial charge is 0.504 e. The molecule has 1 aromatic carbocycles. The Morgan fingerprint density at radius 1 is 0.974 bits per heavy atom. The number of benzene rings is 1. The number of ether oxygens (including phenoxy) is 4. The lowest BCUT2D eigenvalue weighted by Crippen LogP contribution is -2.61. The van der Waals surface area contributed by atoms with Crippen molar-refractivity contribution in [3.63, 3.8) is 0 Å². The molecule has 3 aliphatic rings. The van der Waals surface area contributed by atoms with E-state index in [2.05, 4.69) is 0 Å². The van der Waals surface area contributed by atoms with Gasteiger partial charge in [-0.25, -0.2) is 0 Å². The molecule has 0 radical (unpaired) electrons. The number of phenols is 1. The van der Waals surface area contributed by atoms with Gasteiger partial charge >= 0.3 is 0 Å². The standard InChI is InChI=1S/C26H40O12/c1-10-4-5-13(12(3)7-27)14-6-11(2)24(20(31)17(10)14)38-26-23(34)21(32)19(30)16(37-26)9-36-25-22(33)18(29)15(28)8-35-25/h6,10,12-13,15-16,18-19,21-23,25-34H,4-5,7-9H2,1-3H3. The zero-order valence-corrected chi connectivity index (χ0v) is 21.8. The van der Waals surface area contributed by atoms with Gasteiger partial charge < -0.3 is 59.8 Å². The molecule has 2 heterocycles. The fraction of sp³-hybridized carbons (Fsp3) is 0.769. The predicted octanol–water partition coefficient (Wildman–Crippen LogP) is -1.05. The molecule has 0 spiro atoms. The van der Waals surface area contributed by atoms with Crippen molar-refractivity contribution >= 4 is 0 Å². The third kappa shape index (κ3) is 5.52. The van der Waals surface area contributed by atoms with E-state index in [1.807, 2.05) is 19.9 Å². The third-order valence-corrected chi connectivity index (χ3v) is 8.07. The Balaban J connectivity index is 1.52. The van der Waals surface area contributed by atoms with Crippen molar-refractivity contribution in [2.24, 2.45) is 5.92 Å². The van der Waals surface area contributed by atoms with E-state index in [1.54, 1.807) is 6.92 Å². The van der Waals surface area contributed by atoms with E-state index >= 15 is 0 Å². The van der Waals surface area contributed by atoms with Crippen molar-refractivity contribution in [1.82, 2.24) is 0 Å². The van der Waals surface area contributed by atoms with Crippen LogP contribution < -0.4 is 4.74 Å². The van der Waals surface area contributed by atoms with Crippen LogP contribution >= 0.6 is 0 Å². The van der Waals surface area contributed by atoms with Crippen LogP contribution in [0, 0.1) is 12.8 Å². The number of fused-ring (bicyclic) bond motifs is 1. The van der Waals surface area contributed by atoms with E-state index in [0.29, 0.717) is 11.1 Å². The minimum absolute atomic E-state index is 0.00347. The Hall–Kier alpha value is -1.58. The molecule has 4 rings (SSSR count). The maximum Gasteiger partial charge on any atom is 0.229 e. The van der Waals surface area contributed by atoms with E-state index < -0.39 is 61.9 Å². The second-order valence-corrected chi connectivity index (χ2v) is 10.8. The van der Waals surface area contributed by atoms with E-state index in [9.17, 15) is 40.9 Å². The quantitative estimate of drug-likeness (QED) is 0.208. The molecule has 0 saturated carbocycles. The summed E-state index contributed by atoms with van der Waals surface area (Å²) in [4.78, 5) is 0. The van der Waals surface area contributed by atoms with Crippen LogP contribution in [0.4, 0.5) is 0 Å².